The maximum Gasteiger partial charge on any atom is 0.0596 e. The fourth-order valence-corrected chi connectivity index (χ4v) is 2.68. The van der Waals surface area contributed by atoms with E-state index in [4.69, 9.17) is 11.6 Å². The van der Waals surface area contributed by atoms with Gasteiger partial charge in [-0.25, -0.2) is 0 Å². The molecule has 0 bridgehead atoms. The number of para-hydroxylation sites is 2. The molecule has 1 aromatic heterocycles. The Morgan fingerprint density at radius 2 is 1.95 bits per heavy atom. The van der Waals surface area contributed by atoms with E-state index in [1.54, 1.807) is 0 Å². The smallest absolute Gasteiger partial charge is 0.0596 e. The molecule has 0 aliphatic rings. The fourth-order valence-electron chi connectivity index (χ4n) is 2.51. The second kappa shape index (κ2) is 5.70. The van der Waals surface area contributed by atoms with Crippen LogP contribution in [-0.2, 0) is 6.54 Å². The molecule has 0 aliphatic carbocycles. The summed E-state index contributed by atoms with van der Waals surface area (Å²) in [5.41, 5.74) is 4.61. The molecular weight excluding hydrogens is 282 g/mol. The van der Waals surface area contributed by atoms with Gasteiger partial charge in [0.05, 0.1) is 11.4 Å². The second-order valence-electron chi connectivity index (χ2n) is 5.27. The normalized spacial score (nSPS) is 10.8. The van der Waals surface area contributed by atoms with E-state index in [1.165, 1.54) is 16.6 Å². The number of hydrogen-bond donors (Lipinski definition) is 2. The van der Waals surface area contributed by atoms with Crippen molar-refractivity contribution in [3.05, 3.63) is 59.2 Å². The van der Waals surface area contributed by atoms with Gasteiger partial charge in [-0.1, -0.05) is 29.8 Å². The highest BCUT2D eigenvalue weighted by Crippen LogP contribution is 2.26. The van der Waals surface area contributed by atoms with Gasteiger partial charge in [0.1, 0.15) is 0 Å². The molecule has 2 aromatic carbocycles. The van der Waals surface area contributed by atoms with Gasteiger partial charge in [-0.05, 0) is 29.8 Å². The summed E-state index contributed by atoms with van der Waals surface area (Å²) >= 11 is 6.02. The largest absolute Gasteiger partial charge is 0.379 e. The minimum Gasteiger partial charge on any atom is -0.379 e. The third-order valence-corrected chi connectivity index (χ3v) is 3.82. The summed E-state index contributed by atoms with van der Waals surface area (Å²) < 4.78 is 0. The van der Waals surface area contributed by atoms with Crippen molar-refractivity contribution in [1.82, 2.24) is 4.98 Å². The van der Waals surface area contributed by atoms with Gasteiger partial charge in [-0.15, -0.1) is 0 Å². The summed E-state index contributed by atoms with van der Waals surface area (Å²) in [5, 5.41) is 5.46. The number of halogens is 1. The Kier molecular flexibility index (Phi) is 3.76. The fraction of sp³-hybridized carbons (Fsp3) is 0.176. The molecule has 21 heavy (non-hydrogen) atoms. The molecule has 3 nitrogen and oxygen atoms in total. The highest BCUT2D eigenvalue weighted by Gasteiger charge is 2.06. The van der Waals surface area contributed by atoms with Crippen LogP contribution in [0, 0.1) is 0 Å². The molecule has 3 aromatic rings. The molecule has 0 spiro atoms. The molecule has 1 heterocycles. The Morgan fingerprint density at radius 1 is 1.14 bits per heavy atom. The van der Waals surface area contributed by atoms with Gasteiger partial charge in [0.25, 0.3) is 0 Å². The van der Waals surface area contributed by atoms with Gasteiger partial charge in [0.15, 0.2) is 0 Å². The number of aromatic nitrogens is 1. The second-order valence-corrected chi connectivity index (χ2v) is 5.71. The standard InChI is InChI=1S/C17H18ClN3/c1-21(2)17-6-4-3-5-15(17)19-10-12-11-20-16-9-13(18)7-8-14(12)16/h3-9,11,19-20H,10H2,1-2H3. The lowest BCUT2D eigenvalue weighted by Crippen LogP contribution is -2.11. The molecule has 2 N–H and O–H groups in total. The van der Waals surface area contributed by atoms with E-state index in [9.17, 15) is 0 Å². The molecular formula is C17H18ClN3. The monoisotopic (exact) mass is 299 g/mol. The van der Waals surface area contributed by atoms with Gasteiger partial charge in [-0.2, -0.15) is 0 Å². The zero-order chi connectivity index (χ0) is 14.8. The van der Waals surface area contributed by atoms with E-state index >= 15 is 0 Å². The molecule has 0 fully saturated rings. The van der Waals surface area contributed by atoms with Crippen LogP contribution in [0.5, 0.6) is 0 Å². The van der Waals surface area contributed by atoms with Gasteiger partial charge in [-0.3, -0.25) is 0 Å². The van der Waals surface area contributed by atoms with Crippen molar-refractivity contribution in [2.45, 2.75) is 6.54 Å². The first-order valence-electron chi connectivity index (χ1n) is 6.91. The maximum atomic E-state index is 6.02. The molecule has 0 saturated heterocycles. The van der Waals surface area contributed by atoms with Crippen LogP contribution >= 0.6 is 11.6 Å². The van der Waals surface area contributed by atoms with Crippen molar-refractivity contribution in [2.75, 3.05) is 24.3 Å². The van der Waals surface area contributed by atoms with E-state index in [2.05, 4.69) is 33.4 Å². The third-order valence-electron chi connectivity index (χ3n) is 3.58. The number of hydrogen-bond acceptors (Lipinski definition) is 2. The summed E-state index contributed by atoms with van der Waals surface area (Å²) in [6.45, 7) is 0.770. The molecule has 0 saturated carbocycles. The summed E-state index contributed by atoms with van der Waals surface area (Å²) in [6.07, 6.45) is 2.03. The van der Waals surface area contributed by atoms with Crippen molar-refractivity contribution in [2.24, 2.45) is 0 Å². The summed E-state index contributed by atoms with van der Waals surface area (Å²) in [4.78, 5) is 5.38. The van der Waals surface area contributed by atoms with Crippen molar-refractivity contribution in [3.63, 3.8) is 0 Å². The zero-order valence-corrected chi connectivity index (χ0v) is 12.9. The predicted octanol–water partition coefficient (Wildman–Crippen LogP) is 4.50. The first-order valence-corrected chi connectivity index (χ1v) is 7.28. The van der Waals surface area contributed by atoms with Gasteiger partial charge in [0, 0.05) is 42.8 Å². The number of rotatable bonds is 4. The maximum absolute atomic E-state index is 6.02. The number of nitrogens with one attached hydrogen (secondary N) is 2. The number of H-pyrrole nitrogens is 1. The van der Waals surface area contributed by atoms with E-state index in [0.717, 1.165) is 22.8 Å². The number of nitrogens with zero attached hydrogens (tertiary/aromatic N) is 1. The third kappa shape index (κ3) is 2.83. The lowest BCUT2D eigenvalue weighted by molar-refractivity contribution is 1.10. The summed E-state index contributed by atoms with van der Waals surface area (Å²) in [7, 11) is 4.10. The lowest BCUT2D eigenvalue weighted by Gasteiger charge is -2.18. The van der Waals surface area contributed by atoms with Crippen molar-refractivity contribution in [3.8, 4) is 0 Å². The van der Waals surface area contributed by atoms with Crippen molar-refractivity contribution < 1.29 is 0 Å². The quantitative estimate of drug-likeness (QED) is 0.743. The molecule has 0 amide bonds. The summed E-state index contributed by atoms with van der Waals surface area (Å²) in [6, 6.07) is 14.2. The average molecular weight is 300 g/mol. The highest BCUT2D eigenvalue weighted by atomic mass is 35.5. The van der Waals surface area contributed by atoms with Crippen LogP contribution < -0.4 is 10.2 Å². The van der Waals surface area contributed by atoms with Crippen LogP contribution in [-0.4, -0.2) is 19.1 Å². The predicted molar refractivity (Wildman–Crippen MR) is 91.4 cm³/mol. The van der Waals surface area contributed by atoms with E-state index in [0.29, 0.717) is 0 Å². The molecule has 4 heteroatoms. The SMILES string of the molecule is CN(C)c1ccccc1NCc1c[nH]c2cc(Cl)ccc12. The van der Waals surface area contributed by atoms with Crippen molar-refractivity contribution in [1.29, 1.82) is 0 Å². The summed E-state index contributed by atoms with van der Waals surface area (Å²) in [5.74, 6) is 0. The van der Waals surface area contributed by atoms with Crippen LogP contribution in [0.2, 0.25) is 5.02 Å². The van der Waals surface area contributed by atoms with E-state index < -0.39 is 0 Å². The minimum absolute atomic E-state index is 0.752. The van der Waals surface area contributed by atoms with Gasteiger partial charge in [0.2, 0.25) is 0 Å². The molecule has 0 aliphatic heterocycles. The number of benzene rings is 2. The van der Waals surface area contributed by atoms with Crippen LogP contribution in [0.15, 0.2) is 48.7 Å². The Labute approximate surface area is 129 Å². The Morgan fingerprint density at radius 3 is 2.76 bits per heavy atom. The van der Waals surface area contributed by atoms with Crippen molar-refractivity contribution >= 4 is 33.9 Å². The first-order chi connectivity index (χ1) is 10.1. The number of anilines is 2. The average Bonchev–Trinajstić information content (AvgIpc) is 2.87. The van der Waals surface area contributed by atoms with Crippen LogP contribution in [0.3, 0.4) is 0 Å². The minimum atomic E-state index is 0.752. The Balaban J connectivity index is 1.84. The van der Waals surface area contributed by atoms with Crippen LogP contribution in [0.25, 0.3) is 10.9 Å². The Hall–Kier alpha value is -2.13. The number of fused-ring (bicyclic) bond motifs is 1. The van der Waals surface area contributed by atoms with E-state index in [-0.39, 0.29) is 0 Å². The molecule has 0 radical (unpaired) electrons. The van der Waals surface area contributed by atoms with E-state index in [1.807, 2.05) is 44.6 Å². The van der Waals surface area contributed by atoms with Gasteiger partial charge >= 0.3 is 0 Å². The first kappa shape index (κ1) is 13.8. The highest BCUT2D eigenvalue weighted by molar-refractivity contribution is 6.31. The van der Waals surface area contributed by atoms with Crippen LogP contribution in [0.1, 0.15) is 5.56 Å². The Bertz CT molecular complexity index is 762. The van der Waals surface area contributed by atoms with Crippen LogP contribution in [0.4, 0.5) is 11.4 Å². The lowest BCUT2D eigenvalue weighted by atomic mass is 10.1. The molecule has 0 atom stereocenters. The van der Waals surface area contributed by atoms with Gasteiger partial charge < -0.3 is 15.2 Å². The molecule has 3 rings (SSSR count). The zero-order valence-electron chi connectivity index (χ0n) is 12.2. The number of aromatic amines is 1. The molecule has 0 unspecified atom stereocenters. The topological polar surface area (TPSA) is 31.1 Å². The molecule has 108 valence electrons.